The highest BCUT2D eigenvalue weighted by molar-refractivity contribution is 5.12. The van der Waals surface area contributed by atoms with Crippen LogP contribution in [0.2, 0.25) is 0 Å². The van der Waals surface area contributed by atoms with E-state index in [0.29, 0.717) is 6.42 Å². The molecule has 0 aliphatic heterocycles. The van der Waals surface area contributed by atoms with Gasteiger partial charge in [-0.1, -0.05) is 39.5 Å². The maximum Gasteiger partial charge on any atom is 0.143 e. The molecule has 0 aromatic heterocycles. The molecule has 0 N–H and O–H groups in total. The minimum atomic E-state index is -0.715. The van der Waals surface area contributed by atoms with E-state index in [4.69, 9.17) is 10.5 Å². The van der Waals surface area contributed by atoms with Crippen molar-refractivity contribution in [2.45, 2.75) is 52.4 Å². The Bertz CT molecular complexity index is 193. The quantitative estimate of drug-likeness (QED) is 0.585. The molecule has 0 amide bonds. The molecule has 0 rings (SSSR count). The molecule has 0 bridgehead atoms. The van der Waals surface area contributed by atoms with Crippen LogP contribution < -0.4 is 0 Å². The highest BCUT2D eigenvalue weighted by Crippen LogP contribution is 2.27. The molecule has 2 nitrogen and oxygen atoms in total. The van der Waals surface area contributed by atoms with Crippen LogP contribution in [0.4, 0.5) is 0 Å². The maximum absolute atomic E-state index is 8.86. The first-order valence-electron chi connectivity index (χ1n) is 5.07. The van der Waals surface area contributed by atoms with Crippen LogP contribution in [0.15, 0.2) is 0 Å². The number of hydrogen-bond donors (Lipinski definition) is 0. The molecule has 0 unspecified atom stereocenters. The minimum absolute atomic E-state index is 0.645. The first kappa shape index (κ1) is 12.0. The molecule has 0 radical (unpaired) electrons. The van der Waals surface area contributed by atoms with E-state index in [0.717, 1.165) is 19.3 Å². The van der Waals surface area contributed by atoms with Crippen LogP contribution >= 0.6 is 0 Å². The predicted octanol–water partition coefficient (Wildman–Crippen LogP) is 3.40. The molecule has 0 aliphatic carbocycles. The van der Waals surface area contributed by atoms with Crippen molar-refractivity contribution in [2.75, 3.05) is 0 Å². The van der Waals surface area contributed by atoms with Gasteiger partial charge in [-0.05, 0) is 12.8 Å². The Balaban J connectivity index is 3.86. The van der Waals surface area contributed by atoms with E-state index in [1.54, 1.807) is 0 Å². The summed E-state index contributed by atoms with van der Waals surface area (Å²) < 4.78 is 0. The number of unbranched alkanes of at least 4 members (excludes halogenated alkanes) is 3. The number of nitriles is 2. The van der Waals surface area contributed by atoms with Gasteiger partial charge >= 0.3 is 0 Å². The molecular weight excluding hydrogens is 160 g/mol. The second kappa shape index (κ2) is 6.49. The van der Waals surface area contributed by atoms with Crippen LogP contribution in [0.3, 0.4) is 0 Å². The number of nitrogens with zero attached hydrogens (tertiary/aromatic N) is 2. The minimum Gasteiger partial charge on any atom is -0.197 e. The average molecular weight is 178 g/mol. The Morgan fingerprint density at radius 3 is 2.00 bits per heavy atom. The summed E-state index contributed by atoms with van der Waals surface area (Å²) in [5.74, 6) is 0. The summed E-state index contributed by atoms with van der Waals surface area (Å²) in [6, 6.07) is 4.26. The molecule has 72 valence electrons. The molecule has 0 fully saturated rings. The Morgan fingerprint density at radius 2 is 1.62 bits per heavy atom. The Hall–Kier alpha value is -1.02. The fraction of sp³-hybridized carbons (Fsp3) is 0.818. The third-order valence-electron chi connectivity index (χ3n) is 2.49. The topological polar surface area (TPSA) is 47.6 Å². The van der Waals surface area contributed by atoms with Crippen molar-refractivity contribution in [1.29, 1.82) is 10.5 Å². The average Bonchev–Trinajstić information content (AvgIpc) is 2.20. The predicted molar refractivity (Wildman–Crippen MR) is 52.7 cm³/mol. The van der Waals surface area contributed by atoms with E-state index < -0.39 is 5.41 Å². The van der Waals surface area contributed by atoms with E-state index in [1.165, 1.54) is 12.8 Å². The van der Waals surface area contributed by atoms with E-state index >= 15 is 0 Å². The van der Waals surface area contributed by atoms with Crippen molar-refractivity contribution in [3.63, 3.8) is 0 Å². The van der Waals surface area contributed by atoms with Gasteiger partial charge in [0.05, 0.1) is 12.1 Å². The summed E-state index contributed by atoms with van der Waals surface area (Å²) in [4.78, 5) is 0. The Kier molecular flexibility index (Phi) is 5.98. The molecular formula is C11H18N2. The largest absolute Gasteiger partial charge is 0.197 e. The standard InChI is InChI=1S/C11H18N2/c1-3-5-6-7-8-11(4-2,9-12)10-13/h3-8H2,1-2H3. The van der Waals surface area contributed by atoms with Gasteiger partial charge in [-0.25, -0.2) is 0 Å². The lowest BCUT2D eigenvalue weighted by atomic mass is 9.83. The van der Waals surface area contributed by atoms with Crippen LogP contribution in [0.25, 0.3) is 0 Å². The third-order valence-corrected chi connectivity index (χ3v) is 2.49. The van der Waals surface area contributed by atoms with Gasteiger partial charge in [0, 0.05) is 0 Å². The second-order valence-corrected chi connectivity index (χ2v) is 3.47. The van der Waals surface area contributed by atoms with Crippen LogP contribution in [-0.2, 0) is 0 Å². The summed E-state index contributed by atoms with van der Waals surface area (Å²) in [5, 5.41) is 17.7. The van der Waals surface area contributed by atoms with Gasteiger partial charge in [-0.15, -0.1) is 0 Å². The summed E-state index contributed by atoms with van der Waals surface area (Å²) in [7, 11) is 0. The van der Waals surface area contributed by atoms with Gasteiger partial charge in [-0.2, -0.15) is 10.5 Å². The van der Waals surface area contributed by atoms with Gasteiger partial charge in [0.2, 0.25) is 0 Å². The molecule has 0 saturated heterocycles. The first-order chi connectivity index (χ1) is 6.24. The first-order valence-corrected chi connectivity index (χ1v) is 5.07. The lowest BCUT2D eigenvalue weighted by molar-refractivity contribution is 0.431. The third kappa shape index (κ3) is 3.95. The molecule has 0 aromatic rings. The molecule has 0 spiro atoms. The van der Waals surface area contributed by atoms with Crippen LogP contribution in [-0.4, -0.2) is 0 Å². The monoisotopic (exact) mass is 178 g/mol. The zero-order valence-electron chi connectivity index (χ0n) is 8.64. The smallest absolute Gasteiger partial charge is 0.143 e. The van der Waals surface area contributed by atoms with E-state index in [9.17, 15) is 0 Å². The molecule has 13 heavy (non-hydrogen) atoms. The van der Waals surface area contributed by atoms with Crippen LogP contribution in [0, 0.1) is 28.1 Å². The van der Waals surface area contributed by atoms with Gasteiger partial charge in [0.15, 0.2) is 0 Å². The zero-order valence-corrected chi connectivity index (χ0v) is 8.64. The van der Waals surface area contributed by atoms with Crippen molar-refractivity contribution in [1.82, 2.24) is 0 Å². The number of rotatable bonds is 6. The highest BCUT2D eigenvalue weighted by atomic mass is 14.4. The fourth-order valence-corrected chi connectivity index (χ4v) is 1.33. The number of hydrogen-bond acceptors (Lipinski definition) is 2. The molecule has 2 heteroatoms. The van der Waals surface area contributed by atoms with Gasteiger partial charge in [-0.3, -0.25) is 0 Å². The van der Waals surface area contributed by atoms with E-state index in [-0.39, 0.29) is 0 Å². The van der Waals surface area contributed by atoms with Crippen LogP contribution in [0.1, 0.15) is 52.4 Å². The molecule has 0 aromatic carbocycles. The van der Waals surface area contributed by atoms with Crippen molar-refractivity contribution in [3.05, 3.63) is 0 Å². The van der Waals surface area contributed by atoms with E-state index in [2.05, 4.69) is 19.1 Å². The summed E-state index contributed by atoms with van der Waals surface area (Å²) in [6.07, 6.45) is 5.92. The fourth-order valence-electron chi connectivity index (χ4n) is 1.33. The van der Waals surface area contributed by atoms with Crippen molar-refractivity contribution in [3.8, 4) is 12.1 Å². The second-order valence-electron chi connectivity index (χ2n) is 3.47. The zero-order chi connectivity index (χ0) is 10.2. The molecule has 0 aliphatic rings. The van der Waals surface area contributed by atoms with Gasteiger partial charge in [0.25, 0.3) is 0 Å². The molecule has 0 saturated carbocycles. The lowest BCUT2D eigenvalue weighted by Gasteiger charge is -2.15. The van der Waals surface area contributed by atoms with Gasteiger partial charge < -0.3 is 0 Å². The summed E-state index contributed by atoms with van der Waals surface area (Å²) in [6.45, 7) is 4.06. The van der Waals surface area contributed by atoms with Crippen LogP contribution in [0.5, 0.6) is 0 Å². The maximum atomic E-state index is 8.86. The summed E-state index contributed by atoms with van der Waals surface area (Å²) >= 11 is 0. The summed E-state index contributed by atoms with van der Waals surface area (Å²) in [5.41, 5.74) is -0.715. The van der Waals surface area contributed by atoms with E-state index in [1.807, 2.05) is 6.92 Å². The van der Waals surface area contributed by atoms with Crippen molar-refractivity contribution < 1.29 is 0 Å². The Labute approximate surface area is 81.2 Å². The SMILES string of the molecule is CCCCCCC(C#N)(C#N)CC. The van der Waals surface area contributed by atoms with Crippen molar-refractivity contribution >= 4 is 0 Å². The Morgan fingerprint density at radius 1 is 1.00 bits per heavy atom. The lowest BCUT2D eigenvalue weighted by Crippen LogP contribution is -2.14. The van der Waals surface area contributed by atoms with Crippen molar-refractivity contribution in [2.24, 2.45) is 5.41 Å². The highest BCUT2D eigenvalue weighted by Gasteiger charge is 2.26. The molecule has 0 atom stereocenters. The molecule has 0 heterocycles. The normalized spacial score (nSPS) is 10.5. The van der Waals surface area contributed by atoms with Gasteiger partial charge in [0.1, 0.15) is 5.41 Å².